The van der Waals surface area contributed by atoms with Gasteiger partial charge in [0.15, 0.2) is 0 Å². The summed E-state index contributed by atoms with van der Waals surface area (Å²) in [6.07, 6.45) is 0. The first kappa shape index (κ1) is 23.8. The molecule has 32 heavy (non-hydrogen) atoms. The SMILES string of the molecule is CCOc1ccc(S(=O)(=O)N(CC(=O)Nc2cccc(C)c2)Cc2ccccc2Cl)cc1. The number of hydrogen-bond acceptors (Lipinski definition) is 4. The second-order valence-electron chi connectivity index (χ2n) is 7.19. The van der Waals surface area contributed by atoms with E-state index in [-0.39, 0.29) is 18.0 Å². The highest BCUT2D eigenvalue weighted by atomic mass is 35.5. The normalized spacial score (nSPS) is 11.4. The molecule has 0 fully saturated rings. The number of rotatable bonds is 9. The number of carbonyl (C=O) groups is 1. The smallest absolute Gasteiger partial charge is 0.243 e. The van der Waals surface area contributed by atoms with Crippen LogP contribution in [0.5, 0.6) is 5.75 Å². The van der Waals surface area contributed by atoms with E-state index in [1.807, 2.05) is 32.0 Å². The van der Waals surface area contributed by atoms with E-state index in [9.17, 15) is 13.2 Å². The highest BCUT2D eigenvalue weighted by molar-refractivity contribution is 7.89. The zero-order chi connectivity index (χ0) is 23.1. The molecule has 0 atom stereocenters. The summed E-state index contributed by atoms with van der Waals surface area (Å²) < 4.78 is 33.4. The summed E-state index contributed by atoms with van der Waals surface area (Å²) >= 11 is 6.27. The van der Waals surface area contributed by atoms with Crippen molar-refractivity contribution in [1.29, 1.82) is 0 Å². The number of anilines is 1. The van der Waals surface area contributed by atoms with E-state index < -0.39 is 15.9 Å². The largest absolute Gasteiger partial charge is 0.494 e. The minimum Gasteiger partial charge on any atom is -0.494 e. The number of nitrogens with zero attached hydrogens (tertiary/aromatic N) is 1. The van der Waals surface area contributed by atoms with Gasteiger partial charge in [0.25, 0.3) is 0 Å². The monoisotopic (exact) mass is 472 g/mol. The number of nitrogens with one attached hydrogen (secondary N) is 1. The second kappa shape index (κ2) is 10.6. The van der Waals surface area contributed by atoms with Crippen LogP contribution >= 0.6 is 11.6 Å². The molecule has 3 aromatic rings. The number of sulfonamides is 1. The van der Waals surface area contributed by atoms with Gasteiger partial charge in [-0.25, -0.2) is 8.42 Å². The summed E-state index contributed by atoms with van der Waals surface area (Å²) in [7, 11) is -3.98. The average Bonchev–Trinajstić information content (AvgIpc) is 2.75. The lowest BCUT2D eigenvalue weighted by atomic mass is 10.2. The molecule has 6 nitrogen and oxygen atoms in total. The van der Waals surface area contributed by atoms with Gasteiger partial charge in [0.2, 0.25) is 15.9 Å². The first-order chi connectivity index (χ1) is 15.3. The molecule has 1 N–H and O–H groups in total. The standard InChI is InChI=1S/C24H25ClN2O4S/c1-3-31-21-11-13-22(14-12-21)32(29,30)27(16-19-8-4-5-10-23(19)25)17-24(28)26-20-9-6-7-18(2)15-20/h4-15H,3,16-17H2,1-2H3,(H,26,28). The molecule has 1 amide bonds. The summed E-state index contributed by atoms with van der Waals surface area (Å²) in [6, 6.07) is 20.4. The van der Waals surface area contributed by atoms with E-state index in [2.05, 4.69) is 5.32 Å². The maximum atomic E-state index is 13.4. The Balaban J connectivity index is 1.88. The maximum absolute atomic E-state index is 13.4. The Hall–Kier alpha value is -2.87. The molecule has 0 heterocycles. The van der Waals surface area contributed by atoms with Gasteiger partial charge in [-0.1, -0.05) is 41.9 Å². The highest BCUT2D eigenvalue weighted by Crippen LogP contribution is 2.24. The summed E-state index contributed by atoms with van der Waals surface area (Å²) in [5, 5.41) is 3.19. The first-order valence-corrected chi connectivity index (χ1v) is 11.9. The summed E-state index contributed by atoms with van der Waals surface area (Å²) in [5.74, 6) is 0.124. The zero-order valence-electron chi connectivity index (χ0n) is 17.9. The second-order valence-corrected chi connectivity index (χ2v) is 9.53. The van der Waals surface area contributed by atoms with E-state index in [4.69, 9.17) is 16.3 Å². The van der Waals surface area contributed by atoms with Crippen molar-refractivity contribution in [2.24, 2.45) is 0 Å². The Kier molecular flexibility index (Phi) is 7.90. The number of ether oxygens (including phenoxy) is 1. The maximum Gasteiger partial charge on any atom is 0.243 e. The van der Waals surface area contributed by atoms with Crippen molar-refractivity contribution in [2.45, 2.75) is 25.3 Å². The van der Waals surface area contributed by atoms with Crippen molar-refractivity contribution in [3.63, 3.8) is 0 Å². The van der Waals surface area contributed by atoms with Gasteiger partial charge in [0.1, 0.15) is 5.75 Å². The topological polar surface area (TPSA) is 75.7 Å². The molecule has 0 aliphatic carbocycles. The fourth-order valence-corrected chi connectivity index (χ4v) is 4.72. The van der Waals surface area contributed by atoms with Crippen molar-refractivity contribution >= 4 is 33.2 Å². The molecule has 0 aliphatic rings. The van der Waals surface area contributed by atoms with Gasteiger partial charge in [-0.3, -0.25) is 4.79 Å². The summed E-state index contributed by atoms with van der Waals surface area (Å²) in [4.78, 5) is 12.8. The van der Waals surface area contributed by atoms with Crippen LogP contribution in [0.15, 0.2) is 77.7 Å². The van der Waals surface area contributed by atoms with Crippen molar-refractivity contribution in [1.82, 2.24) is 4.31 Å². The molecule has 0 radical (unpaired) electrons. The number of aryl methyl sites for hydroxylation is 1. The fourth-order valence-electron chi connectivity index (χ4n) is 3.15. The molecule has 0 spiro atoms. The van der Waals surface area contributed by atoms with Gasteiger partial charge in [-0.05, 0) is 67.4 Å². The van der Waals surface area contributed by atoms with E-state index in [0.717, 1.165) is 9.87 Å². The number of hydrogen-bond donors (Lipinski definition) is 1. The van der Waals surface area contributed by atoms with E-state index in [1.54, 1.807) is 42.5 Å². The molecule has 0 aliphatic heterocycles. The molecule has 0 unspecified atom stereocenters. The third-order valence-corrected chi connectivity index (χ3v) is 6.87. The molecule has 0 aromatic heterocycles. The van der Waals surface area contributed by atoms with E-state index >= 15 is 0 Å². The number of benzene rings is 3. The molecule has 0 bridgehead atoms. The number of carbonyl (C=O) groups excluding carboxylic acids is 1. The van der Waals surface area contributed by atoms with Crippen LogP contribution in [0.1, 0.15) is 18.1 Å². The lowest BCUT2D eigenvalue weighted by Crippen LogP contribution is -2.37. The van der Waals surface area contributed by atoms with Gasteiger partial charge in [-0.15, -0.1) is 0 Å². The minimum absolute atomic E-state index is 0.0452. The Morgan fingerprint density at radius 1 is 1.03 bits per heavy atom. The van der Waals surface area contributed by atoms with Crippen LogP contribution in [0.4, 0.5) is 5.69 Å². The molecule has 8 heteroatoms. The van der Waals surface area contributed by atoms with Crippen molar-refractivity contribution in [2.75, 3.05) is 18.5 Å². The predicted octanol–water partition coefficient (Wildman–Crippen LogP) is 4.88. The molecule has 0 saturated heterocycles. The van der Waals surface area contributed by atoms with Crippen LogP contribution in [0.3, 0.4) is 0 Å². The van der Waals surface area contributed by atoms with Gasteiger partial charge < -0.3 is 10.1 Å². The Morgan fingerprint density at radius 3 is 2.41 bits per heavy atom. The van der Waals surface area contributed by atoms with Gasteiger partial charge in [-0.2, -0.15) is 4.31 Å². The number of amides is 1. The zero-order valence-corrected chi connectivity index (χ0v) is 19.5. The summed E-state index contributed by atoms with van der Waals surface area (Å²) in [5.41, 5.74) is 2.19. The molecular formula is C24H25ClN2O4S. The molecule has 168 valence electrons. The molecule has 3 rings (SSSR count). The molecule has 3 aromatic carbocycles. The summed E-state index contributed by atoms with van der Waals surface area (Å²) in [6.45, 7) is 3.83. The van der Waals surface area contributed by atoms with Crippen LogP contribution in [-0.2, 0) is 21.4 Å². The molecule has 0 saturated carbocycles. The third kappa shape index (κ3) is 6.09. The molecular weight excluding hydrogens is 448 g/mol. The Labute approximate surface area is 193 Å². The lowest BCUT2D eigenvalue weighted by molar-refractivity contribution is -0.116. The van der Waals surface area contributed by atoms with Crippen molar-refractivity contribution < 1.29 is 17.9 Å². The van der Waals surface area contributed by atoms with Crippen LogP contribution in [0.25, 0.3) is 0 Å². The fraction of sp³-hybridized carbons (Fsp3) is 0.208. The van der Waals surface area contributed by atoms with E-state index in [1.165, 1.54) is 12.1 Å². The average molecular weight is 473 g/mol. The third-order valence-electron chi connectivity index (χ3n) is 4.70. The highest BCUT2D eigenvalue weighted by Gasteiger charge is 2.27. The van der Waals surface area contributed by atoms with Gasteiger partial charge >= 0.3 is 0 Å². The van der Waals surface area contributed by atoms with Crippen LogP contribution in [0, 0.1) is 6.92 Å². The van der Waals surface area contributed by atoms with Crippen molar-refractivity contribution in [3.8, 4) is 5.75 Å². The van der Waals surface area contributed by atoms with E-state index in [0.29, 0.717) is 28.6 Å². The van der Waals surface area contributed by atoms with Crippen molar-refractivity contribution in [3.05, 3.63) is 88.9 Å². The number of halogens is 1. The van der Waals surface area contributed by atoms with Crippen LogP contribution < -0.4 is 10.1 Å². The predicted molar refractivity (Wildman–Crippen MR) is 126 cm³/mol. The first-order valence-electron chi connectivity index (χ1n) is 10.1. The van der Waals surface area contributed by atoms with Gasteiger partial charge in [0.05, 0.1) is 18.0 Å². The van der Waals surface area contributed by atoms with Crippen LogP contribution in [-0.4, -0.2) is 31.8 Å². The minimum atomic E-state index is -3.98. The quantitative estimate of drug-likeness (QED) is 0.481. The lowest BCUT2D eigenvalue weighted by Gasteiger charge is -2.22. The van der Waals surface area contributed by atoms with Crippen LogP contribution in [0.2, 0.25) is 5.02 Å². The Bertz CT molecular complexity index is 1180. The Morgan fingerprint density at radius 2 is 1.75 bits per heavy atom. The van der Waals surface area contributed by atoms with Gasteiger partial charge in [0, 0.05) is 17.3 Å².